The van der Waals surface area contributed by atoms with Crippen LogP contribution in [0.5, 0.6) is 0 Å². The number of carbonyl (C=O) groups is 1. The summed E-state index contributed by atoms with van der Waals surface area (Å²) >= 11 is 0. The van der Waals surface area contributed by atoms with Gasteiger partial charge in [-0.2, -0.15) is 0 Å². The SMILES string of the molecule is CN[C@H]1CC[C@H](OC(C)=O)CC1. The normalized spacial score (nSPS) is 29.8. The predicted molar refractivity (Wildman–Crippen MR) is 46.9 cm³/mol. The minimum absolute atomic E-state index is 0.150. The van der Waals surface area contributed by atoms with E-state index in [0.717, 1.165) is 25.7 Å². The second-order valence-electron chi connectivity index (χ2n) is 3.37. The Labute approximate surface area is 73.5 Å². The molecule has 0 unspecified atom stereocenters. The van der Waals surface area contributed by atoms with Gasteiger partial charge in [0.15, 0.2) is 0 Å². The molecule has 0 atom stereocenters. The lowest BCUT2D eigenvalue weighted by molar-refractivity contribution is -0.147. The summed E-state index contributed by atoms with van der Waals surface area (Å²) in [6.07, 6.45) is 4.42. The van der Waals surface area contributed by atoms with Crippen molar-refractivity contribution in [3.8, 4) is 0 Å². The van der Waals surface area contributed by atoms with E-state index in [1.807, 2.05) is 7.05 Å². The Morgan fingerprint density at radius 2 is 1.92 bits per heavy atom. The van der Waals surface area contributed by atoms with Crippen molar-refractivity contribution in [1.29, 1.82) is 0 Å². The molecule has 1 fully saturated rings. The molecule has 0 amide bonds. The highest BCUT2D eigenvalue weighted by Gasteiger charge is 2.21. The Bertz CT molecular complexity index is 151. The lowest BCUT2D eigenvalue weighted by atomic mass is 9.93. The van der Waals surface area contributed by atoms with Gasteiger partial charge in [0.25, 0.3) is 0 Å². The van der Waals surface area contributed by atoms with Gasteiger partial charge in [0.05, 0.1) is 0 Å². The maximum atomic E-state index is 10.6. The highest BCUT2D eigenvalue weighted by Crippen LogP contribution is 2.20. The average molecular weight is 171 g/mol. The number of ether oxygens (including phenoxy) is 1. The first kappa shape index (κ1) is 9.52. The van der Waals surface area contributed by atoms with E-state index in [2.05, 4.69) is 5.32 Å². The van der Waals surface area contributed by atoms with Gasteiger partial charge in [-0.15, -0.1) is 0 Å². The number of rotatable bonds is 2. The van der Waals surface area contributed by atoms with Crippen LogP contribution in [-0.4, -0.2) is 25.2 Å². The average Bonchev–Trinajstić information content (AvgIpc) is 2.05. The van der Waals surface area contributed by atoms with Crippen molar-refractivity contribution in [3.05, 3.63) is 0 Å². The molecule has 1 rings (SSSR count). The van der Waals surface area contributed by atoms with Crippen LogP contribution in [0.25, 0.3) is 0 Å². The smallest absolute Gasteiger partial charge is 0.302 e. The van der Waals surface area contributed by atoms with Gasteiger partial charge in [-0.25, -0.2) is 0 Å². The van der Waals surface area contributed by atoms with Crippen LogP contribution in [0, 0.1) is 0 Å². The molecule has 1 aliphatic rings. The van der Waals surface area contributed by atoms with Crippen LogP contribution in [0.15, 0.2) is 0 Å². The third kappa shape index (κ3) is 2.81. The van der Waals surface area contributed by atoms with Crippen LogP contribution in [0.2, 0.25) is 0 Å². The van der Waals surface area contributed by atoms with Crippen molar-refractivity contribution in [1.82, 2.24) is 5.32 Å². The van der Waals surface area contributed by atoms with Gasteiger partial charge in [0.2, 0.25) is 0 Å². The maximum Gasteiger partial charge on any atom is 0.302 e. The summed E-state index contributed by atoms with van der Waals surface area (Å²) in [5, 5.41) is 3.24. The van der Waals surface area contributed by atoms with Gasteiger partial charge < -0.3 is 10.1 Å². The summed E-state index contributed by atoms with van der Waals surface area (Å²) in [7, 11) is 1.98. The minimum atomic E-state index is -0.150. The van der Waals surface area contributed by atoms with Crippen molar-refractivity contribution in [3.63, 3.8) is 0 Å². The first-order valence-corrected chi connectivity index (χ1v) is 4.57. The molecule has 0 aromatic carbocycles. The fourth-order valence-corrected chi connectivity index (χ4v) is 1.70. The molecule has 0 saturated heterocycles. The first-order chi connectivity index (χ1) is 5.72. The van der Waals surface area contributed by atoms with Crippen molar-refractivity contribution < 1.29 is 9.53 Å². The second-order valence-corrected chi connectivity index (χ2v) is 3.37. The molecule has 0 bridgehead atoms. The molecule has 3 nitrogen and oxygen atoms in total. The largest absolute Gasteiger partial charge is 0.463 e. The van der Waals surface area contributed by atoms with Crippen molar-refractivity contribution in [2.45, 2.75) is 44.8 Å². The van der Waals surface area contributed by atoms with Crippen LogP contribution in [-0.2, 0) is 9.53 Å². The van der Waals surface area contributed by atoms with Crippen molar-refractivity contribution >= 4 is 5.97 Å². The molecule has 0 radical (unpaired) electrons. The molecule has 1 N–H and O–H groups in total. The van der Waals surface area contributed by atoms with Gasteiger partial charge >= 0.3 is 5.97 Å². The van der Waals surface area contributed by atoms with Crippen LogP contribution in [0.4, 0.5) is 0 Å². The molecule has 0 aromatic rings. The Hall–Kier alpha value is -0.570. The number of nitrogens with one attached hydrogen (secondary N) is 1. The maximum absolute atomic E-state index is 10.6. The van der Waals surface area contributed by atoms with E-state index < -0.39 is 0 Å². The summed E-state index contributed by atoms with van der Waals surface area (Å²) < 4.78 is 5.12. The number of esters is 1. The molecule has 3 heteroatoms. The summed E-state index contributed by atoms with van der Waals surface area (Å²) in [4.78, 5) is 10.6. The Morgan fingerprint density at radius 3 is 2.33 bits per heavy atom. The van der Waals surface area contributed by atoms with Crippen molar-refractivity contribution in [2.24, 2.45) is 0 Å². The van der Waals surface area contributed by atoms with E-state index >= 15 is 0 Å². The van der Waals surface area contributed by atoms with Crippen LogP contribution in [0.3, 0.4) is 0 Å². The fraction of sp³-hybridized carbons (Fsp3) is 0.889. The van der Waals surface area contributed by atoms with E-state index in [1.54, 1.807) is 0 Å². The summed E-state index contributed by atoms with van der Waals surface area (Å²) in [6.45, 7) is 1.48. The molecular weight excluding hydrogens is 154 g/mol. The summed E-state index contributed by atoms with van der Waals surface area (Å²) in [5.41, 5.74) is 0. The van der Waals surface area contributed by atoms with Crippen molar-refractivity contribution in [2.75, 3.05) is 7.05 Å². The zero-order valence-electron chi connectivity index (χ0n) is 7.80. The third-order valence-electron chi connectivity index (χ3n) is 2.42. The fourth-order valence-electron chi connectivity index (χ4n) is 1.70. The second kappa shape index (κ2) is 4.45. The molecule has 0 aromatic heterocycles. The molecule has 1 aliphatic carbocycles. The van der Waals surface area contributed by atoms with E-state index in [1.165, 1.54) is 6.92 Å². The number of hydrogen-bond donors (Lipinski definition) is 1. The summed E-state index contributed by atoms with van der Waals surface area (Å²) in [5.74, 6) is -0.150. The van der Waals surface area contributed by atoms with E-state index in [4.69, 9.17) is 4.74 Å². The Balaban J connectivity index is 2.21. The van der Waals surface area contributed by atoms with Gasteiger partial charge in [0, 0.05) is 13.0 Å². The van der Waals surface area contributed by atoms with Gasteiger partial charge in [-0.05, 0) is 32.7 Å². The monoisotopic (exact) mass is 171 g/mol. The molecular formula is C9H17NO2. The number of hydrogen-bond acceptors (Lipinski definition) is 3. The van der Waals surface area contributed by atoms with Crippen LogP contribution >= 0.6 is 0 Å². The zero-order valence-corrected chi connectivity index (χ0v) is 7.80. The topological polar surface area (TPSA) is 38.3 Å². The van der Waals surface area contributed by atoms with Crippen LogP contribution < -0.4 is 5.32 Å². The standard InChI is InChI=1S/C9H17NO2/c1-7(11)12-9-5-3-8(10-2)4-6-9/h8-10H,3-6H2,1-2H3/t8-,9-. The predicted octanol–water partition coefficient (Wildman–Crippen LogP) is 1.08. The van der Waals surface area contributed by atoms with Crippen LogP contribution in [0.1, 0.15) is 32.6 Å². The highest BCUT2D eigenvalue weighted by molar-refractivity contribution is 5.66. The molecule has 0 spiro atoms. The first-order valence-electron chi connectivity index (χ1n) is 4.57. The Kier molecular flexibility index (Phi) is 3.53. The quantitative estimate of drug-likeness (QED) is 0.632. The zero-order chi connectivity index (χ0) is 8.97. The van der Waals surface area contributed by atoms with E-state index in [9.17, 15) is 4.79 Å². The molecule has 12 heavy (non-hydrogen) atoms. The van der Waals surface area contributed by atoms with E-state index in [-0.39, 0.29) is 12.1 Å². The minimum Gasteiger partial charge on any atom is -0.463 e. The summed E-state index contributed by atoms with van der Waals surface area (Å²) in [6, 6.07) is 0.622. The molecule has 70 valence electrons. The van der Waals surface area contributed by atoms with E-state index in [0.29, 0.717) is 6.04 Å². The van der Waals surface area contributed by atoms with Gasteiger partial charge in [0.1, 0.15) is 6.10 Å². The lowest BCUT2D eigenvalue weighted by Gasteiger charge is -2.27. The Morgan fingerprint density at radius 1 is 1.33 bits per heavy atom. The third-order valence-corrected chi connectivity index (χ3v) is 2.42. The molecule has 0 heterocycles. The molecule has 0 aliphatic heterocycles. The highest BCUT2D eigenvalue weighted by atomic mass is 16.5. The number of carbonyl (C=O) groups excluding carboxylic acids is 1. The molecule has 1 saturated carbocycles. The lowest BCUT2D eigenvalue weighted by Crippen LogP contribution is -2.33. The van der Waals surface area contributed by atoms with Gasteiger partial charge in [-0.1, -0.05) is 0 Å². The van der Waals surface area contributed by atoms with Gasteiger partial charge in [-0.3, -0.25) is 4.79 Å².